The third kappa shape index (κ3) is 3.04. The Morgan fingerprint density at radius 3 is 2.48 bits per heavy atom. The van der Waals surface area contributed by atoms with Gasteiger partial charge >= 0.3 is 0 Å². The molecule has 21 heavy (non-hydrogen) atoms. The Morgan fingerprint density at radius 2 is 1.90 bits per heavy atom. The summed E-state index contributed by atoms with van der Waals surface area (Å²) in [5.74, 6) is 2.43. The van der Waals surface area contributed by atoms with Crippen LogP contribution in [-0.2, 0) is 11.2 Å². The molecule has 1 saturated carbocycles. The quantitative estimate of drug-likeness (QED) is 0.811. The van der Waals surface area contributed by atoms with E-state index in [0.717, 1.165) is 18.4 Å². The number of carbonyl (C=O) groups excluding carboxylic acids is 1. The highest BCUT2D eigenvalue weighted by Gasteiger charge is 2.30. The van der Waals surface area contributed by atoms with Crippen LogP contribution in [-0.4, -0.2) is 30.1 Å². The van der Waals surface area contributed by atoms with E-state index >= 15 is 0 Å². The molecule has 110 valence electrons. The van der Waals surface area contributed by atoms with Crippen LogP contribution >= 0.6 is 0 Å². The van der Waals surface area contributed by atoms with Crippen molar-refractivity contribution in [1.82, 2.24) is 10.1 Å². The lowest BCUT2D eigenvalue weighted by Crippen LogP contribution is -2.04. The standard InChI is InChI=1S/C15H16N2O4/c1-19-11-5-10(6-12(7-11)20-2)15-16-14(21-17-15)8-13(18)9-3-4-9/h5-7,9H,3-4,8H2,1-2H3. The third-order valence-electron chi connectivity index (χ3n) is 3.44. The third-order valence-corrected chi connectivity index (χ3v) is 3.44. The summed E-state index contributed by atoms with van der Waals surface area (Å²) in [4.78, 5) is 16.0. The number of nitrogens with zero attached hydrogens (tertiary/aromatic N) is 2. The van der Waals surface area contributed by atoms with Gasteiger partial charge in [-0.25, -0.2) is 0 Å². The number of hydrogen-bond donors (Lipinski definition) is 0. The molecule has 1 aromatic heterocycles. The molecular weight excluding hydrogens is 272 g/mol. The molecule has 0 spiro atoms. The molecule has 0 aliphatic heterocycles. The van der Waals surface area contributed by atoms with Crippen molar-refractivity contribution < 1.29 is 18.8 Å². The number of aromatic nitrogens is 2. The summed E-state index contributed by atoms with van der Waals surface area (Å²) >= 11 is 0. The molecule has 0 radical (unpaired) electrons. The van der Waals surface area contributed by atoms with Crippen molar-refractivity contribution in [2.45, 2.75) is 19.3 Å². The van der Waals surface area contributed by atoms with Crippen LogP contribution in [0.3, 0.4) is 0 Å². The van der Waals surface area contributed by atoms with Crippen LogP contribution in [0.5, 0.6) is 11.5 Å². The maximum Gasteiger partial charge on any atom is 0.234 e. The highest BCUT2D eigenvalue weighted by Crippen LogP contribution is 2.31. The highest BCUT2D eigenvalue weighted by molar-refractivity contribution is 5.84. The van der Waals surface area contributed by atoms with Gasteiger partial charge in [0.2, 0.25) is 11.7 Å². The maximum atomic E-state index is 11.8. The van der Waals surface area contributed by atoms with E-state index in [0.29, 0.717) is 23.2 Å². The van der Waals surface area contributed by atoms with Gasteiger partial charge in [0.25, 0.3) is 0 Å². The molecular formula is C15H16N2O4. The van der Waals surface area contributed by atoms with Gasteiger partial charge in [-0.05, 0) is 25.0 Å². The van der Waals surface area contributed by atoms with E-state index < -0.39 is 0 Å². The Labute approximate surface area is 122 Å². The molecule has 0 atom stereocenters. The Kier molecular flexibility index (Phi) is 3.60. The van der Waals surface area contributed by atoms with Crippen molar-refractivity contribution in [2.75, 3.05) is 14.2 Å². The molecule has 1 aliphatic carbocycles. The maximum absolute atomic E-state index is 11.8. The summed E-state index contributed by atoms with van der Waals surface area (Å²) in [5, 5.41) is 3.92. The highest BCUT2D eigenvalue weighted by atomic mass is 16.5. The first-order valence-electron chi connectivity index (χ1n) is 6.78. The molecule has 2 aromatic rings. The zero-order valence-electron chi connectivity index (χ0n) is 12.0. The largest absolute Gasteiger partial charge is 0.497 e. The van der Waals surface area contributed by atoms with Gasteiger partial charge in [-0.1, -0.05) is 5.16 Å². The van der Waals surface area contributed by atoms with Gasteiger partial charge in [0, 0.05) is 17.5 Å². The second-order valence-corrected chi connectivity index (χ2v) is 5.03. The van der Waals surface area contributed by atoms with Gasteiger partial charge in [0.05, 0.1) is 20.6 Å². The van der Waals surface area contributed by atoms with Crippen LogP contribution in [0.25, 0.3) is 11.4 Å². The van der Waals surface area contributed by atoms with Crippen LogP contribution in [0.15, 0.2) is 22.7 Å². The van der Waals surface area contributed by atoms with E-state index in [4.69, 9.17) is 14.0 Å². The number of ketones is 1. The summed E-state index contributed by atoms with van der Waals surface area (Å²) in [6.07, 6.45) is 2.17. The van der Waals surface area contributed by atoms with E-state index in [9.17, 15) is 4.79 Å². The van der Waals surface area contributed by atoms with Crippen molar-refractivity contribution in [1.29, 1.82) is 0 Å². The summed E-state index contributed by atoms with van der Waals surface area (Å²) in [7, 11) is 3.16. The lowest BCUT2D eigenvalue weighted by Gasteiger charge is -2.05. The van der Waals surface area contributed by atoms with Gasteiger partial charge in [0.1, 0.15) is 17.3 Å². The summed E-state index contributed by atoms with van der Waals surface area (Å²) in [6, 6.07) is 5.35. The molecule has 1 aromatic carbocycles. The summed E-state index contributed by atoms with van der Waals surface area (Å²) in [6.45, 7) is 0. The lowest BCUT2D eigenvalue weighted by molar-refractivity contribution is -0.119. The number of hydrogen-bond acceptors (Lipinski definition) is 6. The van der Waals surface area contributed by atoms with Crippen LogP contribution in [0.1, 0.15) is 18.7 Å². The smallest absolute Gasteiger partial charge is 0.234 e. The first kappa shape index (κ1) is 13.6. The first-order chi connectivity index (χ1) is 10.2. The molecule has 1 aliphatic rings. The van der Waals surface area contributed by atoms with Crippen LogP contribution in [0, 0.1) is 5.92 Å². The minimum atomic E-state index is 0.174. The molecule has 3 rings (SSSR count). The molecule has 6 heteroatoms. The van der Waals surface area contributed by atoms with Crippen molar-refractivity contribution in [2.24, 2.45) is 5.92 Å². The van der Waals surface area contributed by atoms with Gasteiger partial charge in [-0.2, -0.15) is 4.98 Å². The lowest BCUT2D eigenvalue weighted by atomic mass is 10.2. The fourth-order valence-electron chi connectivity index (χ4n) is 2.08. The topological polar surface area (TPSA) is 74.5 Å². The Bertz CT molecular complexity index is 639. The predicted molar refractivity (Wildman–Crippen MR) is 74.3 cm³/mol. The van der Waals surface area contributed by atoms with Crippen molar-refractivity contribution in [3.05, 3.63) is 24.1 Å². The minimum absolute atomic E-state index is 0.174. The Hall–Kier alpha value is -2.37. The summed E-state index contributed by atoms with van der Waals surface area (Å²) < 4.78 is 15.6. The van der Waals surface area contributed by atoms with E-state index in [1.165, 1.54) is 0 Å². The van der Waals surface area contributed by atoms with E-state index in [2.05, 4.69) is 10.1 Å². The number of benzene rings is 1. The molecule has 0 bridgehead atoms. The molecule has 0 saturated heterocycles. The molecule has 0 unspecified atom stereocenters. The van der Waals surface area contributed by atoms with Crippen LogP contribution < -0.4 is 9.47 Å². The van der Waals surface area contributed by atoms with E-state index in [1.54, 1.807) is 32.4 Å². The van der Waals surface area contributed by atoms with Crippen molar-refractivity contribution in [3.8, 4) is 22.9 Å². The predicted octanol–water partition coefficient (Wildman–Crippen LogP) is 2.28. The SMILES string of the molecule is COc1cc(OC)cc(-c2noc(CC(=O)C3CC3)n2)c1. The fourth-order valence-corrected chi connectivity index (χ4v) is 2.08. The van der Waals surface area contributed by atoms with Gasteiger partial charge in [0.15, 0.2) is 0 Å². The first-order valence-corrected chi connectivity index (χ1v) is 6.78. The fraction of sp³-hybridized carbons (Fsp3) is 0.400. The van der Waals surface area contributed by atoms with E-state index in [-0.39, 0.29) is 18.1 Å². The number of rotatable bonds is 6. The normalized spacial score (nSPS) is 14.0. The Morgan fingerprint density at radius 1 is 1.24 bits per heavy atom. The number of Topliss-reactive ketones (excluding diaryl/α,β-unsaturated/α-hetero) is 1. The zero-order chi connectivity index (χ0) is 14.8. The molecule has 6 nitrogen and oxygen atoms in total. The average molecular weight is 288 g/mol. The number of methoxy groups -OCH3 is 2. The van der Waals surface area contributed by atoms with E-state index in [1.807, 2.05) is 0 Å². The minimum Gasteiger partial charge on any atom is -0.497 e. The van der Waals surface area contributed by atoms with Gasteiger partial charge in [-0.15, -0.1) is 0 Å². The molecule has 1 heterocycles. The van der Waals surface area contributed by atoms with Crippen LogP contribution in [0.2, 0.25) is 0 Å². The zero-order valence-corrected chi connectivity index (χ0v) is 12.0. The average Bonchev–Trinajstić information content (AvgIpc) is 3.27. The Balaban J connectivity index is 1.83. The van der Waals surface area contributed by atoms with Crippen LogP contribution in [0.4, 0.5) is 0 Å². The second kappa shape index (κ2) is 5.55. The molecule has 1 fully saturated rings. The summed E-state index contributed by atoms with van der Waals surface area (Å²) in [5.41, 5.74) is 0.722. The molecule has 0 N–H and O–H groups in total. The number of ether oxygens (including phenoxy) is 2. The molecule has 0 amide bonds. The number of carbonyl (C=O) groups is 1. The van der Waals surface area contributed by atoms with Gasteiger partial charge < -0.3 is 14.0 Å². The van der Waals surface area contributed by atoms with Crippen molar-refractivity contribution >= 4 is 5.78 Å². The van der Waals surface area contributed by atoms with Crippen molar-refractivity contribution in [3.63, 3.8) is 0 Å². The second-order valence-electron chi connectivity index (χ2n) is 5.03. The van der Waals surface area contributed by atoms with Gasteiger partial charge in [-0.3, -0.25) is 4.79 Å². The monoisotopic (exact) mass is 288 g/mol.